The minimum Gasteiger partial charge on any atom is -0.508 e. The summed E-state index contributed by atoms with van der Waals surface area (Å²) in [5.74, 6) is -0.00907. The molecule has 0 amide bonds. The Bertz CT molecular complexity index is 337. The van der Waals surface area contributed by atoms with Crippen molar-refractivity contribution in [1.29, 1.82) is 0 Å². The Morgan fingerprint density at radius 2 is 1.64 bits per heavy atom. The van der Waals surface area contributed by atoms with Crippen molar-refractivity contribution in [2.75, 3.05) is 0 Å². The van der Waals surface area contributed by atoms with Crippen LogP contribution in [-0.4, -0.2) is 15.3 Å². The molecule has 0 fully saturated rings. The summed E-state index contributed by atoms with van der Waals surface area (Å²) in [5.41, 5.74) is 0.953. The number of hydrogen-bond acceptors (Lipinski definition) is 3. The van der Waals surface area contributed by atoms with Crippen LogP contribution in [0.3, 0.4) is 0 Å². The van der Waals surface area contributed by atoms with E-state index in [0.29, 0.717) is 5.56 Å². The number of phenols is 2. The molecule has 1 aromatic rings. The highest BCUT2D eigenvalue weighted by Gasteiger charge is 2.19. The zero-order valence-corrected chi connectivity index (χ0v) is 8.70. The lowest BCUT2D eigenvalue weighted by atomic mass is 9.85. The van der Waals surface area contributed by atoms with E-state index in [1.165, 1.54) is 6.07 Å². The second kappa shape index (κ2) is 3.50. The summed E-state index contributed by atoms with van der Waals surface area (Å²) in [6.07, 6.45) is 0. The van der Waals surface area contributed by atoms with E-state index in [4.69, 9.17) is 5.11 Å². The van der Waals surface area contributed by atoms with Crippen molar-refractivity contribution in [3.05, 3.63) is 23.3 Å². The molecule has 3 N–H and O–H groups in total. The van der Waals surface area contributed by atoms with Gasteiger partial charge in [0.2, 0.25) is 0 Å². The van der Waals surface area contributed by atoms with Crippen LogP contribution in [0.1, 0.15) is 31.9 Å². The highest BCUT2D eigenvalue weighted by molar-refractivity contribution is 5.47. The maximum Gasteiger partial charge on any atom is 0.124 e. The Kier molecular flexibility index (Phi) is 2.71. The lowest BCUT2D eigenvalue weighted by molar-refractivity contribution is 0.274. The van der Waals surface area contributed by atoms with Gasteiger partial charge in [-0.2, -0.15) is 0 Å². The third-order valence-electron chi connectivity index (χ3n) is 2.18. The fourth-order valence-corrected chi connectivity index (χ4v) is 1.35. The van der Waals surface area contributed by atoms with Gasteiger partial charge in [-0.3, -0.25) is 0 Å². The number of hydrogen-bond donors (Lipinski definition) is 3. The molecule has 3 nitrogen and oxygen atoms in total. The van der Waals surface area contributed by atoms with Gasteiger partial charge in [0, 0.05) is 11.6 Å². The maximum absolute atomic E-state index is 9.61. The molecule has 0 aliphatic rings. The predicted molar refractivity (Wildman–Crippen MR) is 54.4 cm³/mol. The van der Waals surface area contributed by atoms with Crippen LogP contribution in [0.4, 0.5) is 0 Å². The molecule has 0 aliphatic carbocycles. The first-order chi connectivity index (χ1) is 6.36. The summed E-state index contributed by atoms with van der Waals surface area (Å²) < 4.78 is 0. The Hall–Kier alpha value is -1.22. The molecule has 1 aromatic carbocycles. The summed E-state index contributed by atoms with van der Waals surface area (Å²) in [4.78, 5) is 0. The minimum atomic E-state index is -0.227. The second-order valence-corrected chi connectivity index (χ2v) is 4.41. The Labute approximate surface area is 83.6 Å². The van der Waals surface area contributed by atoms with Gasteiger partial charge in [-0.1, -0.05) is 20.8 Å². The van der Waals surface area contributed by atoms with Gasteiger partial charge in [-0.05, 0) is 17.0 Å². The van der Waals surface area contributed by atoms with Crippen molar-refractivity contribution in [3.8, 4) is 11.5 Å². The molecule has 0 aliphatic heterocycles. The molecule has 0 heterocycles. The quantitative estimate of drug-likeness (QED) is 0.642. The molecular weight excluding hydrogens is 180 g/mol. The zero-order valence-electron chi connectivity index (χ0n) is 8.70. The molecule has 0 unspecified atom stereocenters. The fourth-order valence-electron chi connectivity index (χ4n) is 1.35. The van der Waals surface area contributed by atoms with E-state index in [0.717, 1.165) is 5.56 Å². The van der Waals surface area contributed by atoms with E-state index < -0.39 is 0 Å². The molecule has 3 heteroatoms. The first-order valence-electron chi connectivity index (χ1n) is 4.52. The highest BCUT2D eigenvalue weighted by atomic mass is 16.3. The molecule has 14 heavy (non-hydrogen) atoms. The number of aliphatic hydroxyl groups excluding tert-OH is 1. The standard InChI is InChI=1S/C11H16O3/c1-11(2,3)8-4-7(6-12)9(13)5-10(8)14/h4-5,12-14H,6H2,1-3H3. The van der Waals surface area contributed by atoms with E-state index in [9.17, 15) is 10.2 Å². The average molecular weight is 196 g/mol. The van der Waals surface area contributed by atoms with Crippen molar-refractivity contribution >= 4 is 0 Å². The molecule has 78 valence electrons. The highest BCUT2D eigenvalue weighted by Crippen LogP contribution is 2.35. The molecule has 0 saturated carbocycles. The molecule has 0 aromatic heterocycles. The van der Waals surface area contributed by atoms with E-state index in [-0.39, 0.29) is 23.5 Å². The van der Waals surface area contributed by atoms with E-state index >= 15 is 0 Å². The normalized spacial score (nSPS) is 11.7. The van der Waals surface area contributed by atoms with Gasteiger partial charge in [0.05, 0.1) is 6.61 Å². The van der Waals surface area contributed by atoms with Crippen molar-refractivity contribution in [2.24, 2.45) is 0 Å². The summed E-state index contributed by atoms with van der Waals surface area (Å²) in [5, 5.41) is 27.9. The van der Waals surface area contributed by atoms with Crippen LogP contribution in [0, 0.1) is 0 Å². The molecular formula is C11H16O3. The van der Waals surface area contributed by atoms with Gasteiger partial charge < -0.3 is 15.3 Å². The number of phenolic OH excluding ortho intramolecular Hbond substituents is 1. The average Bonchev–Trinajstić information content (AvgIpc) is 2.02. The smallest absolute Gasteiger partial charge is 0.124 e. The zero-order chi connectivity index (χ0) is 10.9. The van der Waals surface area contributed by atoms with Crippen LogP contribution in [-0.2, 0) is 12.0 Å². The van der Waals surface area contributed by atoms with Crippen LogP contribution in [0.2, 0.25) is 0 Å². The van der Waals surface area contributed by atoms with E-state index in [1.54, 1.807) is 6.07 Å². The first kappa shape index (κ1) is 10.9. The Morgan fingerprint density at radius 1 is 1.07 bits per heavy atom. The second-order valence-electron chi connectivity index (χ2n) is 4.41. The van der Waals surface area contributed by atoms with Crippen LogP contribution < -0.4 is 0 Å². The third-order valence-corrected chi connectivity index (χ3v) is 2.18. The summed E-state index contributed by atoms with van der Waals surface area (Å²) in [6, 6.07) is 2.90. The van der Waals surface area contributed by atoms with Crippen molar-refractivity contribution in [3.63, 3.8) is 0 Å². The summed E-state index contributed by atoms with van der Waals surface area (Å²) in [7, 11) is 0. The van der Waals surface area contributed by atoms with Crippen molar-refractivity contribution in [1.82, 2.24) is 0 Å². The van der Waals surface area contributed by atoms with Crippen LogP contribution in [0.5, 0.6) is 11.5 Å². The number of aliphatic hydroxyl groups is 1. The summed E-state index contributed by atoms with van der Waals surface area (Å²) in [6.45, 7) is 5.65. The number of rotatable bonds is 1. The molecule has 0 bridgehead atoms. The largest absolute Gasteiger partial charge is 0.508 e. The molecule has 0 saturated heterocycles. The lowest BCUT2D eigenvalue weighted by Crippen LogP contribution is -2.11. The SMILES string of the molecule is CC(C)(C)c1cc(CO)c(O)cc1O. The monoisotopic (exact) mass is 196 g/mol. The van der Waals surface area contributed by atoms with Gasteiger partial charge in [0.1, 0.15) is 11.5 Å². The van der Waals surface area contributed by atoms with E-state index in [2.05, 4.69) is 0 Å². The Balaban J connectivity index is 3.32. The van der Waals surface area contributed by atoms with Gasteiger partial charge in [-0.15, -0.1) is 0 Å². The molecule has 0 atom stereocenters. The number of benzene rings is 1. The Morgan fingerprint density at radius 3 is 2.07 bits per heavy atom. The number of aromatic hydroxyl groups is 2. The minimum absolute atomic E-state index is 0.0622. The topological polar surface area (TPSA) is 60.7 Å². The van der Waals surface area contributed by atoms with Gasteiger partial charge >= 0.3 is 0 Å². The third kappa shape index (κ3) is 1.99. The lowest BCUT2D eigenvalue weighted by Gasteiger charge is -2.21. The van der Waals surface area contributed by atoms with Crippen LogP contribution in [0.15, 0.2) is 12.1 Å². The van der Waals surface area contributed by atoms with Gasteiger partial charge in [0.25, 0.3) is 0 Å². The van der Waals surface area contributed by atoms with E-state index in [1.807, 2.05) is 20.8 Å². The van der Waals surface area contributed by atoms with Gasteiger partial charge in [-0.25, -0.2) is 0 Å². The fraction of sp³-hybridized carbons (Fsp3) is 0.455. The molecule has 0 spiro atoms. The molecule has 1 rings (SSSR count). The predicted octanol–water partition coefficient (Wildman–Crippen LogP) is 1.89. The maximum atomic E-state index is 9.61. The summed E-state index contributed by atoms with van der Waals surface area (Å²) >= 11 is 0. The van der Waals surface area contributed by atoms with Crippen LogP contribution in [0.25, 0.3) is 0 Å². The molecule has 0 radical (unpaired) electrons. The van der Waals surface area contributed by atoms with Crippen LogP contribution >= 0.6 is 0 Å². The van der Waals surface area contributed by atoms with Crippen molar-refractivity contribution < 1.29 is 15.3 Å². The first-order valence-corrected chi connectivity index (χ1v) is 4.52. The van der Waals surface area contributed by atoms with Gasteiger partial charge in [0.15, 0.2) is 0 Å². The van der Waals surface area contributed by atoms with Crippen molar-refractivity contribution in [2.45, 2.75) is 32.8 Å².